The van der Waals surface area contributed by atoms with Gasteiger partial charge >= 0.3 is 0 Å². The van der Waals surface area contributed by atoms with E-state index in [0.29, 0.717) is 0 Å². The number of carbonyl (C=O) groups is 1. The number of nitrogens with zero attached hydrogens (tertiary/aromatic N) is 1. The van der Waals surface area contributed by atoms with Crippen LogP contribution in [0.4, 0.5) is 11.4 Å². The smallest absolute Gasteiger partial charge is 0.230 e. The molecule has 1 aliphatic rings. The Bertz CT molecular complexity index is 726. The molecule has 0 spiro atoms. The Morgan fingerprint density at radius 1 is 1.05 bits per heavy atom. The summed E-state index contributed by atoms with van der Waals surface area (Å²) in [5, 5.41) is 2.88. The molecule has 0 unspecified atom stereocenters. The van der Waals surface area contributed by atoms with Crippen molar-refractivity contribution in [2.45, 2.75) is 6.42 Å². The standard InChI is InChI=1S/C15H10Br2N2O/c16-10-3-1-2-9(6-10)13-8-15(20)19-12-5-4-11(17)7-14(12)18-13/h1-7H,8H2,(H,19,20). The minimum Gasteiger partial charge on any atom is -0.324 e. The third kappa shape index (κ3) is 2.83. The molecule has 0 saturated heterocycles. The van der Waals surface area contributed by atoms with E-state index in [1.165, 1.54) is 0 Å². The second kappa shape index (κ2) is 5.50. The van der Waals surface area contributed by atoms with Gasteiger partial charge in [-0.1, -0.05) is 44.0 Å². The molecule has 0 fully saturated rings. The first-order valence-corrected chi connectivity index (χ1v) is 7.63. The Morgan fingerprint density at radius 2 is 1.85 bits per heavy atom. The van der Waals surface area contributed by atoms with Crippen molar-refractivity contribution in [1.29, 1.82) is 0 Å². The molecule has 2 aromatic carbocycles. The molecule has 0 aliphatic carbocycles. The minimum absolute atomic E-state index is 0.0511. The van der Waals surface area contributed by atoms with Crippen molar-refractivity contribution in [3.05, 3.63) is 57.0 Å². The molecular formula is C15H10Br2N2O. The quantitative estimate of drug-likeness (QED) is 0.751. The second-order valence-corrected chi connectivity index (χ2v) is 6.29. The van der Waals surface area contributed by atoms with Crippen molar-refractivity contribution in [3.8, 4) is 0 Å². The fourth-order valence-electron chi connectivity index (χ4n) is 2.07. The highest BCUT2D eigenvalue weighted by atomic mass is 79.9. The molecule has 1 heterocycles. The van der Waals surface area contributed by atoms with Crippen molar-refractivity contribution >= 4 is 54.9 Å². The van der Waals surface area contributed by atoms with E-state index in [1.54, 1.807) is 0 Å². The highest BCUT2D eigenvalue weighted by Gasteiger charge is 2.17. The lowest BCUT2D eigenvalue weighted by Crippen LogP contribution is -2.14. The van der Waals surface area contributed by atoms with Crippen LogP contribution in [0.15, 0.2) is 56.4 Å². The maximum atomic E-state index is 12.0. The Kier molecular flexibility index (Phi) is 3.72. The fraction of sp³-hybridized carbons (Fsp3) is 0.0667. The SMILES string of the molecule is O=C1CC(c2cccc(Br)c2)=Nc2cc(Br)ccc2N1. The number of rotatable bonds is 1. The van der Waals surface area contributed by atoms with Crippen molar-refractivity contribution < 1.29 is 4.79 Å². The summed E-state index contributed by atoms with van der Waals surface area (Å²) in [5.41, 5.74) is 3.21. The number of carbonyl (C=O) groups excluding carboxylic acids is 1. The zero-order chi connectivity index (χ0) is 14.1. The van der Waals surface area contributed by atoms with E-state index >= 15 is 0 Å². The third-order valence-corrected chi connectivity index (χ3v) is 3.96. The average molecular weight is 394 g/mol. The molecule has 1 N–H and O–H groups in total. The van der Waals surface area contributed by atoms with Crippen molar-refractivity contribution in [2.75, 3.05) is 5.32 Å². The number of halogens is 2. The van der Waals surface area contributed by atoms with Crippen LogP contribution < -0.4 is 5.32 Å². The Labute approximate surface area is 133 Å². The van der Waals surface area contributed by atoms with Crippen LogP contribution >= 0.6 is 31.9 Å². The molecule has 0 aromatic heterocycles. The molecule has 100 valence electrons. The van der Waals surface area contributed by atoms with Crippen molar-refractivity contribution in [3.63, 3.8) is 0 Å². The maximum Gasteiger partial charge on any atom is 0.230 e. The van der Waals surface area contributed by atoms with E-state index in [4.69, 9.17) is 0 Å². The van der Waals surface area contributed by atoms with Gasteiger partial charge in [-0.3, -0.25) is 9.79 Å². The molecule has 1 aliphatic heterocycles. The number of fused-ring (bicyclic) bond motifs is 1. The van der Waals surface area contributed by atoms with Gasteiger partial charge in [0.2, 0.25) is 5.91 Å². The number of anilines is 1. The Hall–Kier alpha value is -1.46. The molecule has 5 heteroatoms. The van der Waals surface area contributed by atoms with Gasteiger partial charge in [-0.25, -0.2) is 0 Å². The highest BCUT2D eigenvalue weighted by Crippen LogP contribution is 2.32. The lowest BCUT2D eigenvalue weighted by atomic mass is 10.1. The number of hydrogen-bond donors (Lipinski definition) is 1. The number of nitrogens with one attached hydrogen (secondary N) is 1. The van der Waals surface area contributed by atoms with Crippen LogP contribution in [0.2, 0.25) is 0 Å². The van der Waals surface area contributed by atoms with E-state index in [1.807, 2.05) is 42.5 Å². The first-order valence-electron chi connectivity index (χ1n) is 6.05. The zero-order valence-corrected chi connectivity index (χ0v) is 13.5. The van der Waals surface area contributed by atoms with E-state index in [2.05, 4.69) is 42.2 Å². The summed E-state index contributed by atoms with van der Waals surface area (Å²) in [6.07, 6.45) is 0.267. The Morgan fingerprint density at radius 3 is 2.65 bits per heavy atom. The molecule has 0 saturated carbocycles. The lowest BCUT2D eigenvalue weighted by Gasteiger charge is -2.04. The lowest BCUT2D eigenvalue weighted by molar-refractivity contribution is -0.115. The number of amides is 1. The van der Waals surface area contributed by atoms with Crippen LogP contribution in [-0.4, -0.2) is 11.6 Å². The monoisotopic (exact) mass is 392 g/mol. The van der Waals surface area contributed by atoms with Crippen molar-refractivity contribution in [2.24, 2.45) is 4.99 Å². The van der Waals surface area contributed by atoms with Crippen LogP contribution in [0.25, 0.3) is 0 Å². The predicted octanol–water partition coefficient (Wildman–Crippen LogP) is 4.67. The molecule has 2 aromatic rings. The van der Waals surface area contributed by atoms with Gasteiger partial charge in [-0.15, -0.1) is 0 Å². The average Bonchev–Trinajstić information content (AvgIpc) is 2.56. The van der Waals surface area contributed by atoms with Gasteiger partial charge in [-0.2, -0.15) is 0 Å². The molecule has 0 radical (unpaired) electrons. The first kappa shape index (κ1) is 13.5. The molecule has 3 rings (SSSR count). The van der Waals surface area contributed by atoms with Gasteiger partial charge in [-0.05, 0) is 35.9 Å². The molecule has 1 amide bonds. The second-order valence-electron chi connectivity index (χ2n) is 4.46. The van der Waals surface area contributed by atoms with Crippen LogP contribution in [0, 0.1) is 0 Å². The van der Waals surface area contributed by atoms with Crippen LogP contribution in [0.3, 0.4) is 0 Å². The summed E-state index contributed by atoms with van der Waals surface area (Å²) in [7, 11) is 0. The molecule has 0 bridgehead atoms. The van der Waals surface area contributed by atoms with Crippen LogP contribution in [0.1, 0.15) is 12.0 Å². The summed E-state index contributed by atoms with van der Waals surface area (Å²) < 4.78 is 1.90. The number of aliphatic imine (C=N–C) groups is 1. The maximum absolute atomic E-state index is 12.0. The topological polar surface area (TPSA) is 41.5 Å². The molecule has 20 heavy (non-hydrogen) atoms. The Balaban J connectivity index is 2.13. The minimum atomic E-state index is -0.0511. The normalized spacial score (nSPS) is 14.1. The van der Waals surface area contributed by atoms with Gasteiger partial charge in [0, 0.05) is 8.95 Å². The fourth-order valence-corrected chi connectivity index (χ4v) is 2.82. The predicted molar refractivity (Wildman–Crippen MR) is 87.7 cm³/mol. The molecule has 3 nitrogen and oxygen atoms in total. The van der Waals surface area contributed by atoms with Crippen LogP contribution in [0.5, 0.6) is 0 Å². The van der Waals surface area contributed by atoms with Gasteiger partial charge in [0.15, 0.2) is 0 Å². The van der Waals surface area contributed by atoms with E-state index in [-0.39, 0.29) is 12.3 Å². The summed E-state index contributed by atoms with van der Waals surface area (Å²) in [5.74, 6) is -0.0511. The largest absolute Gasteiger partial charge is 0.324 e. The summed E-state index contributed by atoms with van der Waals surface area (Å²) >= 11 is 6.87. The van der Waals surface area contributed by atoms with E-state index in [0.717, 1.165) is 31.6 Å². The molecular weight excluding hydrogens is 384 g/mol. The number of benzene rings is 2. The van der Waals surface area contributed by atoms with Crippen LogP contribution in [-0.2, 0) is 4.79 Å². The van der Waals surface area contributed by atoms with Crippen molar-refractivity contribution in [1.82, 2.24) is 0 Å². The third-order valence-electron chi connectivity index (χ3n) is 2.98. The molecule has 0 atom stereocenters. The summed E-state index contributed by atoms with van der Waals surface area (Å²) in [6, 6.07) is 13.5. The zero-order valence-electron chi connectivity index (χ0n) is 10.4. The first-order chi connectivity index (χ1) is 9.61. The van der Waals surface area contributed by atoms with E-state index in [9.17, 15) is 4.79 Å². The van der Waals surface area contributed by atoms with Gasteiger partial charge in [0.25, 0.3) is 0 Å². The summed E-state index contributed by atoms with van der Waals surface area (Å²) in [4.78, 5) is 16.6. The van der Waals surface area contributed by atoms with Gasteiger partial charge in [0.1, 0.15) is 0 Å². The van der Waals surface area contributed by atoms with Gasteiger partial charge < -0.3 is 5.32 Å². The summed E-state index contributed by atoms with van der Waals surface area (Å²) in [6.45, 7) is 0. The number of hydrogen-bond acceptors (Lipinski definition) is 2. The van der Waals surface area contributed by atoms with Gasteiger partial charge in [0.05, 0.1) is 23.5 Å². The highest BCUT2D eigenvalue weighted by molar-refractivity contribution is 9.10. The van der Waals surface area contributed by atoms with E-state index < -0.39 is 0 Å².